The minimum Gasteiger partial charge on any atom is -0.454 e. The molecule has 1 N–H and O–H groups in total. The molecule has 2 aromatic heterocycles. The summed E-state index contributed by atoms with van der Waals surface area (Å²) in [6, 6.07) is 8.85. The van der Waals surface area contributed by atoms with E-state index in [1.54, 1.807) is 18.2 Å². The molecule has 0 atom stereocenters. The van der Waals surface area contributed by atoms with Crippen LogP contribution in [0.2, 0.25) is 5.02 Å². The number of tetrazole rings is 1. The lowest BCUT2D eigenvalue weighted by Crippen LogP contribution is -2.23. The number of nitrogens with one attached hydrogen (secondary N) is 1. The molecule has 134 valence electrons. The molecule has 0 aliphatic rings. The van der Waals surface area contributed by atoms with E-state index >= 15 is 0 Å². The number of carbonyl (C=O) groups excluding carboxylic acids is 2. The molecule has 0 unspecified atom stereocenters. The monoisotopic (exact) mass is 391 g/mol. The third-order valence-corrected chi connectivity index (χ3v) is 4.56. The van der Waals surface area contributed by atoms with Crippen LogP contribution in [-0.4, -0.2) is 38.7 Å². The number of aryl methyl sites for hydroxylation is 1. The first-order valence-corrected chi connectivity index (χ1v) is 8.80. The number of amides is 1. The summed E-state index contributed by atoms with van der Waals surface area (Å²) >= 11 is 7.46. The molecule has 10 heteroatoms. The van der Waals surface area contributed by atoms with E-state index in [1.165, 1.54) is 11.3 Å². The van der Waals surface area contributed by atoms with E-state index in [1.807, 2.05) is 24.4 Å². The number of halogens is 1. The van der Waals surface area contributed by atoms with Gasteiger partial charge >= 0.3 is 5.97 Å². The average molecular weight is 392 g/mol. The van der Waals surface area contributed by atoms with Gasteiger partial charge in [0, 0.05) is 10.7 Å². The van der Waals surface area contributed by atoms with Gasteiger partial charge in [-0.1, -0.05) is 23.7 Å². The van der Waals surface area contributed by atoms with Crippen LogP contribution in [0.3, 0.4) is 0 Å². The van der Waals surface area contributed by atoms with E-state index in [9.17, 15) is 9.59 Å². The van der Waals surface area contributed by atoms with Crippen molar-refractivity contribution in [1.82, 2.24) is 20.2 Å². The van der Waals surface area contributed by atoms with Crippen LogP contribution >= 0.6 is 22.9 Å². The van der Waals surface area contributed by atoms with Gasteiger partial charge in [-0.05, 0) is 41.3 Å². The van der Waals surface area contributed by atoms with Crippen LogP contribution in [-0.2, 0) is 20.9 Å². The molecule has 1 aromatic carbocycles. The first-order valence-electron chi connectivity index (χ1n) is 7.54. The molecule has 0 saturated carbocycles. The predicted molar refractivity (Wildman–Crippen MR) is 96.9 cm³/mol. The molecule has 0 aliphatic heterocycles. The third kappa shape index (κ3) is 4.64. The molecule has 0 spiro atoms. The Labute approximate surface area is 157 Å². The number of rotatable bonds is 6. The zero-order valence-electron chi connectivity index (χ0n) is 13.7. The van der Waals surface area contributed by atoms with E-state index in [0.717, 1.165) is 15.2 Å². The highest BCUT2D eigenvalue weighted by Gasteiger charge is 2.12. The summed E-state index contributed by atoms with van der Waals surface area (Å²) in [5.74, 6) is -0.678. The van der Waals surface area contributed by atoms with Crippen LogP contribution in [0.25, 0.3) is 10.7 Å². The number of thiophene rings is 1. The fraction of sp³-hybridized carbons (Fsp3) is 0.188. The SMILES string of the molecule is Cc1ccc(NC(=O)COC(=O)Cn2nnc(-c3cccs3)n2)cc1Cl. The molecule has 1 amide bonds. The van der Waals surface area contributed by atoms with Gasteiger partial charge in [-0.25, -0.2) is 4.79 Å². The Balaban J connectivity index is 1.47. The molecule has 0 aliphatic carbocycles. The lowest BCUT2D eigenvalue weighted by Gasteiger charge is -2.07. The van der Waals surface area contributed by atoms with Crippen molar-refractivity contribution in [1.29, 1.82) is 0 Å². The molecular formula is C16H14ClN5O3S. The Morgan fingerprint density at radius 3 is 2.92 bits per heavy atom. The second kappa shape index (κ2) is 8.07. The zero-order chi connectivity index (χ0) is 18.5. The van der Waals surface area contributed by atoms with Crippen molar-refractivity contribution in [3.05, 3.63) is 46.3 Å². The third-order valence-electron chi connectivity index (χ3n) is 3.28. The summed E-state index contributed by atoms with van der Waals surface area (Å²) in [5.41, 5.74) is 1.43. The first kappa shape index (κ1) is 18.0. The zero-order valence-corrected chi connectivity index (χ0v) is 15.3. The molecule has 0 radical (unpaired) electrons. The van der Waals surface area contributed by atoms with Crippen molar-refractivity contribution in [2.45, 2.75) is 13.5 Å². The molecule has 0 bridgehead atoms. The van der Waals surface area contributed by atoms with Crippen LogP contribution in [0.15, 0.2) is 35.7 Å². The fourth-order valence-corrected chi connectivity index (χ4v) is 2.82. The smallest absolute Gasteiger partial charge is 0.330 e. The molecular weight excluding hydrogens is 378 g/mol. The van der Waals surface area contributed by atoms with Crippen LogP contribution in [0, 0.1) is 6.92 Å². The van der Waals surface area contributed by atoms with Gasteiger partial charge in [-0.2, -0.15) is 4.80 Å². The van der Waals surface area contributed by atoms with Crippen LogP contribution in [0.5, 0.6) is 0 Å². The van der Waals surface area contributed by atoms with E-state index in [4.69, 9.17) is 16.3 Å². The number of anilines is 1. The number of hydrogen-bond acceptors (Lipinski definition) is 7. The van der Waals surface area contributed by atoms with Crippen molar-refractivity contribution in [3.63, 3.8) is 0 Å². The van der Waals surface area contributed by atoms with Gasteiger partial charge in [-0.3, -0.25) is 4.79 Å². The van der Waals surface area contributed by atoms with Crippen LogP contribution in [0.1, 0.15) is 5.56 Å². The van der Waals surface area contributed by atoms with Gasteiger partial charge in [-0.15, -0.1) is 21.5 Å². The average Bonchev–Trinajstić information content (AvgIpc) is 3.28. The minimum absolute atomic E-state index is 0.234. The fourth-order valence-electron chi connectivity index (χ4n) is 1.99. The summed E-state index contributed by atoms with van der Waals surface area (Å²) in [4.78, 5) is 25.6. The van der Waals surface area contributed by atoms with Crippen LogP contribution in [0.4, 0.5) is 5.69 Å². The second-order valence-electron chi connectivity index (χ2n) is 5.29. The van der Waals surface area contributed by atoms with Crippen molar-refractivity contribution in [2.24, 2.45) is 0 Å². The Morgan fingerprint density at radius 1 is 1.35 bits per heavy atom. The van der Waals surface area contributed by atoms with Crippen molar-refractivity contribution in [3.8, 4) is 10.7 Å². The predicted octanol–water partition coefficient (Wildman–Crippen LogP) is 2.55. The Kier molecular flexibility index (Phi) is 5.59. The molecule has 3 rings (SSSR count). The van der Waals surface area contributed by atoms with Gasteiger partial charge < -0.3 is 10.1 Å². The molecule has 0 saturated heterocycles. The Bertz CT molecular complexity index is 926. The van der Waals surface area contributed by atoms with Crippen molar-refractivity contribution < 1.29 is 14.3 Å². The largest absolute Gasteiger partial charge is 0.454 e. The van der Waals surface area contributed by atoms with Gasteiger partial charge in [0.15, 0.2) is 13.2 Å². The standard InChI is InChI=1S/C16H14ClN5O3S/c1-10-4-5-11(7-12(10)17)18-14(23)9-25-15(24)8-22-20-16(19-21-22)13-3-2-6-26-13/h2-7H,8-9H2,1H3,(H,18,23). The van der Waals surface area contributed by atoms with Gasteiger partial charge in [0.05, 0.1) is 4.88 Å². The topological polar surface area (TPSA) is 99.0 Å². The summed E-state index contributed by atoms with van der Waals surface area (Å²) in [6.07, 6.45) is 0. The number of carbonyl (C=O) groups is 2. The molecule has 0 fully saturated rings. The van der Waals surface area contributed by atoms with Crippen LogP contribution < -0.4 is 5.32 Å². The number of esters is 1. The maximum Gasteiger partial charge on any atom is 0.330 e. The van der Waals surface area contributed by atoms with Crippen molar-refractivity contribution >= 4 is 40.5 Å². The Morgan fingerprint density at radius 2 is 2.19 bits per heavy atom. The summed E-state index contributed by atoms with van der Waals surface area (Å²) < 4.78 is 4.92. The van der Waals surface area contributed by atoms with E-state index < -0.39 is 18.5 Å². The van der Waals surface area contributed by atoms with E-state index in [-0.39, 0.29) is 6.54 Å². The highest BCUT2D eigenvalue weighted by atomic mass is 35.5. The maximum absolute atomic E-state index is 11.8. The lowest BCUT2D eigenvalue weighted by atomic mass is 10.2. The molecule has 8 nitrogen and oxygen atoms in total. The van der Waals surface area contributed by atoms with Gasteiger partial charge in [0.2, 0.25) is 5.82 Å². The highest BCUT2D eigenvalue weighted by Crippen LogP contribution is 2.20. The first-order chi connectivity index (χ1) is 12.5. The number of hydrogen-bond donors (Lipinski definition) is 1. The number of nitrogens with zero attached hydrogens (tertiary/aromatic N) is 4. The van der Waals surface area contributed by atoms with Crippen molar-refractivity contribution in [2.75, 3.05) is 11.9 Å². The minimum atomic E-state index is -0.641. The quantitative estimate of drug-likeness (QED) is 0.648. The Hall–Kier alpha value is -2.78. The normalized spacial score (nSPS) is 10.5. The van der Waals surface area contributed by atoms with E-state index in [2.05, 4.69) is 20.7 Å². The molecule has 2 heterocycles. The molecule has 3 aromatic rings. The number of ether oxygens (including phenoxy) is 1. The summed E-state index contributed by atoms with van der Waals surface area (Å²) in [5, 5.41) is 16.8. The second-order valence-corrected chi connectivity index (χ2v) is 6.65. The lowest BCUT2D eigenvalue weighted by molar-refractivity contribution is -0.148. The number of benzene rings is 1. The summed E-state index contributed by atoms with van der Waals surface area (Å²) in [6.45, 7) is 1.20. The maximum atomic E-state index is 11.8. The van der Waals surface area contributed by atoms with Gasteiger partial charge in [0.25, 0.3) is 5.91 Å². The highest BCUT2D eigenvalue weighted by molar-refractivity contribution is 7.13. The number of aromatic nitrogens is 4. The van der Waals surface area contributed by atoms with Gasteiger partial charge in [0.1, 0.15) is 0 Å². The van der Waals surface area contributed by atoms with E-state index in [0.29, 0.717) is 16.5 Å². The summed E-state index contributed by atoms with van der Waals surface area (Å²) in [7, 11) is 0. The molecule has 26 heavy (non-hydrogen) atoms.